The third kappa shape index (κ3) is 3.65. The number of benzene rings is 8. The van der Waals surface area contributed by atoms with Gasteiger partial charge >= 0.3 is 0 Å². The van der Waals surface area contributed by atoms with E-state index in [2.05, 4.69) is 179 Å². The van der Waals surface area contributed by atoms with Crippen LogP contribution in [0.25, 0.3) is 110 Å². The van der Waals surface area contributed by atoms with Gasteiger partial charge in [0.15, 0.2) is 0 Å². The highest BCUT2D eigenvalue weighted by Crippen LogP contribution is 2.47. The van der Waals surface area contributed by atoms with Crippen molar-refractivity contribution in [3.05, 3.63) is 170 Å². The van der Waals surface area contributed by atoms with Crippen molar-refractivity contribution in [3.8, 4) is 45.1 Å². The van der Waals surface area contributed by atoms with Gasteiger partial charge < -0.3 is 4.57 Å². The summed E-state index contributed by atoms with van der Waals surface area (Å²) in [6, 6.07) is 61.2. The van der Waals surface area contributed by atoms with E-state index in [4.69, 9.17) is 9.97 Å². The Balaban J connectivity index is 1.17. The molecular weight excluding hydrogens is 633 g/mol. The quantitative estimate of drug-likeness (QED) is 0.189. The minimum atomic E-state index is 0.685. The summed E-state index contributed by atoms with van der Waals surface area (Å²) >= 11 is 0. The fourth-order valence-corrected chi connectivity index (χ4v) is 8.89. The molecule has 1 aliphatic rings. The first-order valence-electron chi connectivity index (χ1n) is 17.8. The Hall–Kier alpha value is -7.04. The molecule has 8 aromatic carbocycles. The van der Waals surface area contributed by atoms with Crippen LogP contribution in [0.5, 0.6) is 0 Å². The molecule has 3 heterocycles. The Morgan fingerprint density at radius 2 is 1.00 bits per heavy atom. The summed E-state index contributed by atoms with van der Waals surface area (Å²) in [5.41, 5.74) is 13.6. The number of aromatic nitrogens is 4. The Bertz CT molecular complexity index is 3290. The number of hydrogen-bond donors (Lipinski definition) is 0. The molecule has 4 heteroatoms. The molecule has 11 aromatic rings. The van der Waals surface area contributed by atoms with Gasteiger partial charge in [0, 0.05) is 38.2 Å². The molecule has 1 aliphatic carbocycles. The Kier molecular flexibility index (Phi) is 5.47. The molecule has 240 valence electrons. The van der Waals surface area contributed by atoms with Crippen LogP contribution in [0.3, 0.4) is 0 Å². The van der Waals surface area contributed by atoms with Crippen LogP contribution in [0.15, 0.2) is 170 Å². The molecule has 0 saturated heterocycles. The average molecular weight is 661 g/mol. The maximum Gasteiger partial charge on any atom is 0.235 e. The summed E-state index contributed by atoms with van der Waals surface area (Å²) in [5, 5.41) is 8.45. The van der Waals surface area contributed by atoms with Crippen molar-refractivity contribution in [2.45, 2.75) is 0 Å². The largest absolute Gasteiger partial charge is 0.309 e. The third-order valence-electron chi connectivity index (χ3n) is 11.1. The molecular formula is C48H28N4. The summed E-state index contributed by atoms with van der Waals surface area (Å²) in [6.45, 7) is 0. The van der Waals surface area contributed by atoms with Crippen LogP contribution in [-0.2, 0) is 0 Å². The lowest BCUT2D eigenvalue weighted by Gasteiger charge is -2.13. The van der Waals surface area contributed by atoms with Crippen LogP contribution < -0.4 is 0 Å². The predicted octanol–water partition coefficient (Wildman–Crippen LogP) is 12.3. The summed E-state index contributed by atoms with van der Waals surface area (Å²) in [5.74, 6) is 0.685. The van der Waals surface area contributed by atoms with Crippen molar-refractivity contribution in [1.29, 1.82) is 0 Å². The van der Waals surface area contributed by atoms with Crippen molar-refractivity contribution >= 4 is 65.3 Å². The molecule has 0 bridgehead atoms. The molecule has 0 N–H and O–H groups in total. The van der Waals surface area contributed by atoms with Crippen LogP contribution in [0.2, 0.25) is 0 Å². The van der Waals surface area contributed by atoms with Gasteiger partial charge in [-0.25, -0.2) is 9.97 Å². The summed E-state index contributed by atoms with van der Waals surface area (Å²) in [6.07, 6.45) is 0. The molecule has 0 aliphatic heterocycles. The summed E-state index contributed by atoms with van der Waals surface area (Å²) in [7, 11) is 0. The second kappa shape index (κ2) is 10.3. The molecule has 0 spiro atoms. The van der Waals surface area contributed by atoms with E-state index in [0.29, 0.717) is 5.95 Å². The van der Waals surface area contributed by atoms with E-state index in [1.807, 2.05) is 0 Å². The zero-order chi connectivity index (χ0) is 33.9. The highest BCUT2D eigenvalue weighted by Gasteiger charge is 2.26. The number of fused-ring (bicyclic) bond motifs is 11. The van der Waals surface area contributed by atoms with E-state index >= 15 is 0 Å². The van der Waals surface area contributed by atoms with Crippen LogP contribution in [0.4, 0.5) is 0 Å². The van der Waals surface area contributed by atoms with Gasteiger partial charge in [-0.2, -0.15) is 0 Å². The lowest BCUT2D eigenvalue weighted by atomic mass is 9.94. The van der Waals surface area contributed by atoms with Gasteiger partial charge in [-0.1, -0.05) is 121 Å². The predicted molar refractivity (Wildman–Crippen MR) is 216 cm³/mol. The molecule has 3 aromatic heterocycles. The number of hydrogen-bond acceptors (Lipinski definition) is 2. The smallest absolute Gasteiger partial charge is 0.235 e. The van der Waals surface area contributed by atoms with Gasteiger partial charge in [0.1, 0.15) is 0 Å². The van der Waals surface area contributed by atoms with E-state index < -0.39 is 0 Å². The number of nitrogens with zero attached hydrogens (tertiary/aromatic N) is 4. The first-order chi connectivity index (χ1) is 25.8. The zero-order valence-corrected chi connectivity index (χ0v) is 28.0. The Morgan fingerprint density at radius 3 is 1.85 bits per heavy atom. The third-order valence-corrected chi connectivity index (χ3v) is 11.1. The summed E-state index contributed by atoms with van der Waals surface area (Å²) < 4.78 is 4.66. The lowest BCUT2D eigenvalue weighted by molar-refractivity contribution is 1.02. The van der Waals surface area contributed by atoms with E-state index in [0.717, 1.165) is 38.9 Å². The van der Waals surface area contributed by atoms with E-state index in [1.54, 1.807) is 0 Å². The first-order valence-corrected chi connectivity index (χ1v) is 17.8. The van der Waals surface area contributed by atoms with Gasteiger partial charge in [-0.05, 0) is 81.6 Å². The monoisotopic (exact) mass is 660 g/mol. The van der Waals surface area contributed by atoms with Gasteiger partial charge in [0.05, 0.1) is 33.3 Å². The molecule has 0 fully saturated rings. The molecule has 12 rings (SSSR count). The molecule has 0 saturated carbocycles. The molecule has 4 nitrogen and oxygen atoms in total. The average Bonchev–Trinajstić information content (AvgIpc) is 3.84. The topological polar surface area (TPSA) is 35.6 Å². The lowest BCUT2D eigenvalue weighted by Crippen LogP contribution is -2.02. The highest BCUT2D eigenvalue weighted by atomic mass is 15.2. The van der Waals surface area contributed by atoms with Crippen LogP contribution in [-0.4, -0.2) is 19.1 Å². The minimum absolute atomic E-state index is 0.685. The molecule has 0 unspecified atom stereocenters. The van der Waals surface area contributed by atoms with Crippen LogP contribution >= 0.6 is 0 Å². The molecule has 0 amide bonds. The Labute approximate surface area is 298 Å². The maximum absolute atomic E-state index is 5.39. The van der Waals surface area contributed by atoms with Crippen molar-refractivity contribution in [1.82, 2.24) is 19.1 Å². The normalized spacial score (nSPS) is 12.2. The highest BCUT2D eigenvalue weighted by molar-refractivity contribution is 6.25. The maximum atomic E-state index is 5.39. The van der Waals surface area contributed by atoms with Crippen molar-refractivity contribution in [3.63, 3.8) is 0 Å². The van der Waals surface area contributed by atoms with Gasteiger partial charge in [-0.15, -0.1) is 0 Å². The minimum Gasteiger partial charge on any atom is -0.309 e. The van der Waals surface area contributed by atoms with Crippen LogP contribution in [0.1, 0.15) is 0 Å². The zero-order valence-electron chi connectivity index (χ0n) is 28.0. The van der Waals surface area contributed by atoms with Crippen LogP contribution in [0, 0.1) is 0 Å². The van der Waals surface area contributed by atoms with E-state index in [1.165, 1.54) is 65.6 Å². The van der Waals surface area contributed by atoms with Crippen molar-refractivity contribution in [2.24, 2.45) is 0 Å². The molecule has 0 atom stereocenters. The molecule has 0 radical (unpaired) electrons. The SMILES string of the molecule is c1ccc(-n2c3ccccc3c3cc(-c4cc5c(c6ccccc46)c4ccccc4n5-c4nc5c6c(cccc6n4)-c4ccccc4-5)ccc32)cc1. The molecule has 52 heavy (non-hydrogen) atoms. The van der Waals surface area contributed by atoms with Crippen molar-refractivity contribution < 1.29 is 0 Å². The van der Waals surface area contributed by atoms with Gasteiger partial charge in [0.2, 0.25) is 5.95 Å². The Morgan fingerprint density at radius 1 is 0.346 bits per heavy atom. The number of rotatable bonds is 3. The van der Waals surface area contributed by atoms with E-state index in [9.17, 15) is 0 Å². The summed E-state index contributed by atoms with van der Waals surface area (Å²) in [4.78, 5) is 10.7. The van der Waals surface area contributed by atoms with E-state index in [-0.39, 0.29) is 0 Å². The fourth-order valence-electron chi connectivity index (χ4n) is 8.89. The first kappa shape index (κ1) is 27.7. The van der Waals surface area contributed by atoms with Crippen molar-refractivity contribution in [2.75, 3.05) is 0 Å². The number of para-hydroxylation sites is 3. The van der Waals surface area contributed by atoms with Gasteiger partial charge in [-0.3, -0.25) is 4.57 Å². The standard InChI is InChI=1S/C48H28N4/c1-2-13-30(14-3-1)51-41-23-10-8-17-33(41)39-27-29(25-26-43(39)51)38-28-44-45(34-18-6-4-16-32(34)38)37-20-9-11-24-42(37)52(44)48-49-40-22-12-21-35-31-15-5-7-19-36(31)47(50-48)46(35)40/h1-28H. The fraction of sp³-hybridized carbons (Fsp3) is 0. The van der Waals surface area contributed by atoms with Gasteiger partial charge in [0.25, 0.3) is 0 Å². The second-order valence-corrected chi connectivity index (χ2v) is 13.8. The second-order valence-electron chi connectivity index (χ2n) is 13.8.